The number of amides is 2. The van der Waals surface area contributed by atoms with E-state index in [1.807, 2.05) is 52.0 Å². The minimum absolute atomic E-state index is 0.00663. The summed E-state index contributed by atoms with van der Waals surface area (Å²) in [6.45, 7) is 7.28. The van der Waals surface area contributed by atoms with E-state index < -0.39 is 28.5 Å². The SMILES string of the molecule is CCC(C)NC(=O)C(CC)N(Cc1cccc(C)c1)C(=O)CN(c1ccc(Cl)cc1)S(=O)(=O)c1ccc(OC)cc1. The molecule has 2 unspecified atom stereocenters. The lowest BCUT2D eigenvalue weighted by Gasteiger charge is -2.33. The van der Waals surface area contributed by atoms with Crippen molar-refractivity contribution >= 4 is 39.1 Å². The number of hydrogen-bond donors (Lipinski definition) is 1. The first-order chi connectivity index (χ1) is 19.5. The van der Waals surface area contributed by atoms with Crippen LogP contribution in [-0.2, 0) is 26.2 Å². The quantitative estimate of drug-likeness (QED) is 0.277. The van der Waals surface area contributed by atoms with Crippen LogP contribution in [0.4, 0.5) is 5.69 Å². The molecule has 3 aromatic rings. The van der Waals surface area contributed by atoms with Crippen LogP contribution in [0.3, 0.4) is 0 Å². The van der Waals surface area contributed by atoms with Gasteiger partial charge >= 0.3 is 0 Å². The van der Waals surface area contributed by atoms with Crippen molar-refractivity contribution in [3.63, 3.8) is 0 Å². The molecule has 0 bridgehead atoms. The van der Waals surface area contributed by atoms with Crippen molar-refractivity contribution in [2.45, 2.75) is 64.1 Å². The highest BCUT2D eigenvalue weighted by atomic mass is 35.5. The number of benzene rings is 3. The molecule has 0 spiro atoms. The van der Waals surface area contributed by atoms with Gasteiger partial charge in [-0.3, -0.25) is 13.9 Å². The Kier molecular flexibility index (Phi) is 11.2. The lowest BCUT2D eigenvalue weighted by molar-refractivity contribution is -0.140. The molecule has 10 heteroatoms. The third-order valence-electron chi connectivity index (χ3n) is 6.86. The van der Waals surface area contributed by atoms with Crippen LogP contribution in [0.2, 0.25) is 5.02 Å². The zero-order chi connectivity index (χ0) is 30.2. The summed E-state index contributed by atoms with van der Waals surface area (Å²) in [5, 5.41) is 3.41. The molecule has 8 nitrogen and oxygen atoms in total. The Morgan fingerprint density at radius 2 is 1.63 bits per heavy atom. The lowest BCUT2D eigenvalue weighted by atomic mass is 10.1. The van der Waals surface area contributed by atoms with Gasteiger partial charge < -0.3 is 15.0 Å². The van der Waals surface area contributed by atoms with E-state index in [1.54, 1.807) is 36.4 Å². The van der Waals surface area contributed by atoms with Gasteiger partial charge in [0.05, 0.1) is 17.7 Å². The maximum absolute atomic E-state index is 14.1. The minimum atomic E-state index is -4.19. The molecule has 0 aliphatic carbocycles. The van der Waals surface area contributed by atoms with Crippen LogP contribution in [0.15, 0.2) is 77.7 Å². The van der Waals surface area contributed by atoms with Crippen molar-refractivity contribution in [3.05, 3.63) is 88.9 Å². The van der Waals surface area contributed by atoms with Gasteiger partial charge in [-0.1, -0.05) is 55.3 Å². The molecular weight excluding hydrogens is 562 g/mol. The molecule has 0 heterocycles. The second kappa shape index (κ2) is 14.4. The van der Waals surface area contributed by atoms with Crippen LogP contribution >= 0.6 is 11.6 Å². The number of nitrogens with one attached hydrogen (secondary N) is 1. The molecule has 41 heavy (non-hydrogen) atoms. The van der Waals surface area contributed by atoms with Gasteiger partial charge in [0.1, 0.15) is 18.3 Å². The second-order valence-corrected chi connectivity index (χ2v) is 12.2. The van der Waals surface area contributed by atoms with Crippen molar-refractivity contribution in [2.75, 3.05) is 18.0 Å². The molecule has 0 saturated carbocycles. The topological polar surface area (TPSA) is 96.0 Å². The normalized spacial score (nSPS) is 12.7. The third-order valence-corrected chi connectivity index (χ3v) is 8.90. The smallest absolute Gasteiger partial charge is 0.264 e. The molecule has 0 saturated heterocycles. The van der Waals surface area contributed by atoms with Crippen LogP contribution in [-0.4, -0.2) is 50.9 Å². The van der Waals surface area contributed by atoms with Crippen molar-refractivity contribution in [1.82, 2.24) is 10.2 Å². The van der Waals surface area contributed by atoms with E-state index in [9.17, 15) is 18.0 Å². The van der Waals surface area contributed by atoms with Crippen LogP contribution in [0, 0.1) is 6.92 Å². The van der Waals surface area contributed by atoms with E-state index in [2.05, 4.69) is 5.32 Å². The minimum Gasteiger partial charge on any atom is -0.497 e. The summed E-state index contributed by atoms with van der Waals surface area (Å²) in [5.41, 5.74) is 2.12. The van der Waals surface area contributed by atoms with Crippen LogP contribution in [0.25, 0.3) is 0 Å². The number of carbonyl (C=O) groups excluding carboxylic acids is 2. The Morgan fingerprint density at radius 1 is 0.976 bits per heavy atom. The van der Waals surface area contributed by atoms with Gasteiger partial charge in [0.25, 0.3) is 10.0 Å². The van der Waals surface area contributed by atoms with Gasteiger partial charge in [0.2, 0.25) is 11.8 Å². The first-order valence-electron chi connectivity index (χ1n) is 13.6. The second-order valence-electron chi connectivity index (χ2n) is 9.92. The first-order valence-corrected chi connectivity index (χ1v) is 15.4. The number of hydrogen-bond acceptors (Lipinski definition) is 5. The van der Waals surface area contributed by atoms with Gasteiger partial charge in [-0.2, -0.15) is 0 Å². The van der Waals surface area contributed by atoms with Crippen LogP contribution in [0.5, 0.6) is 5.75 Å². The van der Waals surface area contributed by atoms with E-state index in [0.717, 1.165) is 21.9 Å². The Morgan fingerprint density at radius 3 is 2.20 bits per heavy atom. The molecular formula is C31H38ClN3O5S. The molecule has 2 atom stereocenters. The Hall–Kier alpha value is -3.56. The fourth-order valence-corrected chi connectivity index (χ4v) is 5.92. The molecule has 2 amide bonds. The van der Waals surface area contributed by atoms with Crippen molar-refractivity contribution in [2.24, 2.45) is 0 Å². The van der Waals surface area contributed by atoms with Crippen LogP contribution < -0.4 is 14.4 Å². The molecule has 0 aliphatic heterocycles. The maximum Gasteiger partial charge on any atom is 0.264 e. The average Bonchev–Trinajstić information content (AvgIpc) is 2.96. The Bertz CT molecular complexity index is 1430. The monoisotopic (exact) mass is 599 g/mol. The number of ether oxygens (including phenoxy) is 1. The zero-order valence-corrected chi connectivity index (χ0v) is 25.7. The van der Waals surface area contributed by atoms with Gasteiger partial charge in [-0.15, -0.1) is 0 Å². The summed E-state index contributed by atoms with van der Waals surface area (Å²) in [4.78, 5) is 28.9. The van der Waals surface area contributed by atoms with E-state index in [-0.39, 0.29) is 29.1 Å². The largest absolute Gasteiger partial charge is 0.497 e. The molecule has 0 aliphatic rings. The lowest BCUT2D eigenvalue weighted by Crippen LogP contribution is -2.53. The number of carbonyl (C=O) groups is 2. The summed E-state index contributed by atoms with van der Waals surface area (Å²) in [7, 11) is -2.70. The summed E-state index contributed by atoms with van der Waals surface area (Å²) in [6.07, 6.45) is 1.09. The van der Waals surface area contributed by atoms with Gasteiger partial charge in [-0.25, -0.2) is 8.42 Å². The molecule has 1 N–H and O–H groups in total. The highest BCUT2D eigenvalue weighted by molar-refractivity contribution is 7.92. The fraction of sp³-hybridized carbons (Fsp3) is 0.355. The molecule has 3 rings (SSSR count). The van der Waals surface area contributed by atoms with Crippen molar-refractivity contribution in [1.29, 1.82) is 0 Å². The standard InChI is InChI=1S/C31H38ClN3O5S/c1-6-23(4)33-31(37)29(7-2)34(20-24-10-8-9-22(3)19-24)30(36)21-35(26-13-11-25(32)12-14-26)41(38,39)28-17-15-27(40-5)16-18-28/h8-19,23,29H,6-7,20-21H2,1-5H3,(H,33,37). The first kappa shape index (κ1) is 32.0. The highest BCUT2D eigenvalue weighted by Crippen LogP contribution is 2.27. The fourth-order valence-electron chi connectivity index (χ4n) is 4.38. The van der Waals surface area contributed by atoms with E-state index in [4.69, 9.17) is 16.3 Å². The van der Waals surface area contributed by atoms with E-state index in [1.165, 1.54) is 24.1 Å². The number of halogens is 1. The summed E-state index contributed by atoms with van der Waals surface area (Å²) >= 11 is 6.09. The van der Waals surface area contributed by atoms with Crippen molar-refractivity contribution in [3.8, 4) is 5.75 Å². The molecule has 0 aromatic heterocycles. The van der Waals surface area contributed by atoms with Gasteiger partial charge in [0.15, 0.2) is 0 Å². The number of nitrogens with zero attached hydrogens (tertiary/aromatic N) is 2. The maximum atomic E-state index is 14.1. The molecule has 3 aromatic carbocycles. The highest BCUT2D eigenvalue weighted by Gasteiger charge is 2.34. The third kappa shape index (κ3) is 8.24. The van der Waals surface area contributed by atoms with E-state index >= 15 is 0 Å². The summed E-state index contributed by atoms with van der Waals surface area (Å²) in [6, 6.07) is 19.0. The molecule has 0 fully saturated rings. The average molecular weight is 600 g/mol. The Labute approximate surface area is 248 Å². The Balaban J connectivity index is 2.05. The number of methoxy groups -OCH3 is 1. The van der Waals surface area contributed by atoms with Crippen LogP contribution in [0.1, 0.15) is 44.7 Å². The van der Waals surface area contributed by atoms with Crippen molar-refractivity contribution < 1.29 is 22.7 Å². The summed E-state index contributed by atoms with van der Waals surface area (Å²) < 4.78 is 34.1. The number of sulfonamides is 1. The predicted molar refractivity (Wildman–Crippen MR) is 163 cm³/mol. The summed E-state index contributed by atoms with van der Waals surface area (Å²) in [5.74, 6) is -0.288. The number of aryl methyl sites for hydroxylation is 1. The number of anilines is 1. The van der Waals surface area contributed by atoms with E-state index in [0.29, 0.717) is 17.2 Å². The number of rotatable bonds is 13. The van der Waals surface area contributed by atoms with Gasteiger partial charge in [0, 0.05) is 17.6 Å². The molecule has 0 radical (unpaired) electrons. The predicted octanol–water partition coefficient (Wildman–Crippen LogP) is 5.57. The molecule has 220 valence electrons. The zero-order valence-electron chi connectivity index (χ0n) is 24.1. The van der Waals surface area contributed by atoms with Gasteiger partial charge in [-0.05, 0) is 80.8 Å².